The number of hydrogen-bond donors (Lipinski definition) is 1. The van der Waals surface area contributed by atoms with Crippen LogP contribution in [0.5, 0.6) is 0 Å². The Balaban J connectivity index is 1.41. The van der Waals surface area contributed by atoms with Crippen molar-refractivity contribution in [2.75, 3.05) is 36.0 Å². The second-order valence-corrected chi connectivity index (χ2v) is 7.38. The highest BCUT2D eigenvalue weighted by Gasteiger charge is 2.43. The van der Waals surface area contributed by atoms with E-state index in [1.807, 2.05) is 18.2 Å². The lowest BCUT2D eigenvalue weighted by Crippen LogP contribution is -2.52. The lowest BCUT2D eigenvalue weighted by molar-refractivity contribution is -0.136. The van der Waals surface area contributed by atoms with Crippen molar-refractivity contribution >= 4 is 29.2 Å². The molecular formula is C22H23N3O4. The van der Waals surface area contributed by atoms with Gasteiger partial charge in [-0.1, -0.05) is 30.3 Å². The number of carbonyl (C=O) groups excluding carboxylic acids is 2. The van der Waals surface area contributed by atoms with E-state index in [1.165, 1.54) is 10.6 Å². The molecule has 29 heavy (non-hydrogen) atoms. The van der Waals surface area contributed by atoms with Crippen LogP contribution in [-0.2, 0) is 20.8 Å². The first-order valence-electron chi connectivity index (χ1n) is 9.74. The smallest absolute Gasteiger partial charge is 0.307 e. The van der Waals surface area contributed by atoms with Crippen LogP contribution in [0.1, 0.15) is 12.0 Å². The number of amides is 2. The van der Waals surface area contributed by atoms with Crippen molar-refractivity contribution in [3.63, 3.8) is 0 Å². The van der Waals surface area contributed by atoms with Crippen molar-refractivity contribution in [3.05, 3.63) is 60.2 Å². The van der Waals surface area contributed by atoms with Crippen molar-refractivity contribution in [2.24, 2.45) is 0 Å². The average molecular weight is 393 g/mol. The number of rotatable bonds is 5. The number of nitrogens with zero attached hydrogens (tertiary/aromatic N) is 3. The molecule has 1 atom stereocenters. The van der Waals surface area contributed by atoms with Gasteiger partial charge in [0.1, 0.15) is 0 Å². The Morgan fingerprint density at radius 3 is 2.17 bits per heavy atom. The van der Waals surface area contributed by atoms with E-state index in [2.05, 4.69) is 21.9 Å². The van der Waals surface area contributed by atoms with E-state index in [-0.39, 0.29) is 24.7 Å². The van der Waals surface area contributed by atoms with Crippen LogP contribution in [0, 0.1) is 0 Å². The molecule has 1 N–H and O–H groups in total. The van der Waals surface area contributed by atoms with Crippen LogP contribution >= 0.6 is 0 Å². The molecule has 2 heterocycles. The molecule has 0 spiro atoms. The predicted octanol–water partition coefficient (Wildman–Crippen LogP) is 1.77. The monoisotopic (exact) mass is 393 g/mol. The first kappa shape index (κ1) is 19.1. The zero-order valence-electron chi connectivity index (χ0n) is 16.0. The maximum Gasteiger partial charge on any atom is 0.307 e. The number of carboxylic acids is 1. The van der Waals surface area contributed by atoms with Crippen LogP contribution in [0.15, 0.2) is 54.6 Å². The number of para-hydroxylation sites is 1. The summed E-state index contributed by atoms with van der Waals surface area (Å²) < 4.78 is 0. The number of anilines is 2. The topological polar surface area (TPSA) is 81.2 Å². The molecule has 4 rings (SSSR count). The zero-order valence-corrected chi connectivity index (χ0v) is 16.0. The number of imide groups is 1. The number of carbonyl (C=O) groups is 3. The third-order valence-electron chi connectivity index (χ3n) is 5.55. The van der Waals surface area contributed by atoms with Crippen LogP contribution in [0.25, 0.3) is 0 Å². The molecule has 2 aromatic rings. The Hall–Kier alpha value is -3.19. The minimum Gasteiger partial charge on any atom is -0.481 e. The highest BCUT2D eigenvalue weighted by Crippen LogP contribution is 2.27. The van der Waals surface area contributed by atoms with Crippen LogP contribution in [-0.4, -0.2) is 60.0 Å². The van der Waals surface area contributed by atoms with Gasteiger partial charge < -0.3 is 10.0 Å². The maximum atomic E-state index is 13.0. The lowest BCUT2D eigenvalue weighted by Gasteiger charge is -2.38. The van der Waals surface area contributed by atoms with Gasteiger partial charge in [0.2, 0.25) is 5.91 Å². The molecular weight excluding hydrogens is 370 g/mol. The van der Waals surface area contributed by atoms with E-state index in [0.717, 1.165) is 26.2 Å². The van der Waals surface area contributed by atoms with Crippen molar-refractivity contribution < 1.29 is 19.5 Å². The number of benzene rings is 2. The molecule has 7 heteroatoms. The predicted molar refractivity (Wildman–Crippen MR) is 109 cm³/mol. The fourth-order valence-electron chi connectivity index (χ4n) is 4.04. The highest BCUT2D eigenvalue weighted by atomic mass is 16.4. The Labute approximate surface area is 169 Å². The lowest BCUT2D eigenvalue weighted by atomic mass is 10.1. The molecule has 7 nitrogen and oxygen atoms in total. The van der Waals surface area contributed by atoms with Gasteiger partial charge in [-0.15, -0.1) is 0 Å². The van der Waals surface area contributed by atoms with E-state index in [0.29, 0.717) is 11.3 Å². The molecule has 150 valence electrons. The molecule has 2 amide bonds. The van der Waals surface area contributed by atoms with Crippen molar-refractivity contribution in [1.29, 1.82) is 0 Å². The molecule has 0 radical (unpaired) electrons. The van der Waals surface area contributed by atoms with Gasteiger partial charge in [0, 0.05) is 31.9 Å². The quantitative estimate of drug-likeness (QED) is 0.780. The summed E-state index contributed by atoms with van der Waals surface area (Å²) in [5, 5.41) is 8.87. The highest BCUT2D eigenvalue weighted by molar-refractivity contribution is 6.22. The van der Waals surface area contributed by atoms with Crippen molar-refractivity contribution in [2.45, 2.75) is 18.9 Å². The summed E-state index contributed by atoms with van der Waals surface area (Å²) in [5.41, 5.74) is 2.30. The van der Waals surface area contributed by atoms with E-state index in [4.69, 9.17) is 5.11 Å². The van der Waals surface area contributed by atoms with Gasteiger partial charge in [-0.3, -0.25) is 19.3 Å². The third kappa shape index (κ3) is 4.00. The number of carboxylic acid groups (broad SMARTS) is 1. The Morgan fingerprint density at radius 2 is 1.55 bits per heavy atom. The van der Waals surface area contributed by atoms with Gasteiger partial charge >= 0.3 is 5.97 Å². The van der Waals surface area contributed by atoms with E-state index < -0.39 is 12.0 Å². The van der Waals surface area contributed by atoms with Crippen molar-refractivity contribution in [3.8, 4) is 0 Å². The number of piperazine rings is 1. The first-order valence-corrected chi connectivity index (χ1v) is 9.74. The summed E-state index contributed by atoms with van der Waals surface area (Å²) >= 11 is 0. The van der Waals surface area contributed by atoms with Gasteiger partial charge in [0.15, 0.2) is 0 Å². The Bertz CT molecular complexity index is 905. The molecule has 0 aliphatic carbocycles. The second-order valence-electron chi connectivity index (χ2n) is 7.38. The number of hydrogen-bond acceptors (Lipinski definition) is 5. The summed E-state index contributed by atoms with van der Waals surface area (Å²) in [7, 11) is 0. The van der Waals surface area contributed by atoms with Crippen LogP contribution in [0.3, 0.4) is 0 Å². The molecule has 0 aromatic heterocycles. The van der Waals surface area contributed by atoms with Gasteiger partial charge in [0.05, 0.1) is 24.6 Å². The minimum atomic E-state index is -0.916. The zero-order chi connectivity index (χ0) is 20.4. The van der Waals surface area contributed by atoms with E-state index in [9.17, 15) is 14.4 Å². The average Bonchev–Trinajstić information content (AvgIpc) is 3.03. The molecule has 1 unspecified atom stereocenters. The second kappa shape index (κ2) is 8.05. The fraction of sp³-hybridized carbons (Fsp3) is 0.318. The van der Waals surface area contributed by atoms with Crippen LogP contribution in [0.2, 0.25) is 0 Å². The first-order chi connectivity index (χ1) is 14.0. The summed E-state index contributed by atoms with van der Waals surface area (Å²) in [6, 6.07) is 16.3. The Kier molecular flexibility index (Phi) is 5.31. The summed E-state index contributed by atoms with van der Waals surface area (Å²) in [4.78, 5) is 42.0. The van der Waals surface area contributed by atoms with Gasteiger partial charge in [-0.05, 0) is 29.8 Å². The molecule has 0 saturated carbocycles. The standard InChI is InChI=1S/C22H23N3O4/c26-20-15-19(24-12-10-23(11-13-24)17-4-2-1-3-5-17)22(29)25(20)18-8-6-16(7-9-18)14-21(27)28/h1-9,19H,10-15H2,(H,27,28). The van der Waals surface area contributed by atoms with Gasteiger partial charge in [0.25, 0.3) is 5.91 Å². The molecule has 2 aliphatic rings. The maximum absolute atomic E-state index is 13.0. The number of aliphatic carboxylic acids is 1. The van der Waals surface area contributed by atoms with Crippen LogP contribution < -0.4 is 9.80 Å². The summed E-state index contributed by atoms with van der Waals surface area (Å²) in [5.74, 6) is -1.33. The van der Waals surface area contributed by atoms with E-state index in [1.54, 1.807) is 24.3 Å². The normalized spacial score (nSPS) is 20.3. The molecule has 2 aliphatic heterocycles. The molecule has 2 aromatic carbocycles. The fourth-order valence-corrected chi connectivity index (χ4v) is 4.04. The summed E-state index contributed by atoms with van der Waals surface area (Å²) in [6.07, 6.45) is 0.0948. The van der Waals surface area contributed by atoms with Crippen LogP contribution in [0.4, 0.5) is 11.4 Å². The third-order valence-corrected chi connectivity index (χ3v) is 5.55. The minimum absolute atomic E-state index is 0.0868. The van der Waals surface area contributed by atoms with E-state index >= 15 is 0 Å². The largest absolute Gasteiger partial charge is 0.481 e. The molecule has 0 bridgehead atoms. The Morgan fingerprint density at radius 1 is 0.897 bits per heavy atom. The van der Waals surface area contributed by atoms with Gasteiger partial charge in [-0.25, -0.2) is 4.90 Å². The SMILES string of the molecule is O=C(O)Cc1ccc(N2C(=O)CC(N3CCN(c4ccccc4)CC3)C2=O)cc1. The van der Waals surface area contributed by atoms with Gasteiger partial charge in [-0.2, -0.15) is 0 Å². The summed E-state index contributed by atoms with van der Waals surface area (Å²) in [6.45, 7) is 3.08. The molecule has 2 fully saturated rings. The molecule has 2 saturated heterocycles. The van der Waals surface area contributed by atoms with Crippen molar-refractivity contribution in [1.82, 2.24) is 4.90 Å².